The third-order valence-corrected chi connectivity index (χ3v) is 2.77. The zero-order valence-corrected chi connectivity index (χ0v) is 11.0. The van der Waals surface area contributed by atoms with Crippen molar-refractivity contribution in [3.05, 3.63) is 17.5 Å². The minimum Gasteiger partial charge on any atom is -0.463 e. The Morgan fingerprint density at radius 3 is 2.65 bits per heavy atom. The van der Waals surface area contributed by atoms with Crippen molar-refractivity contribution in [1.29, 1.82) is 0 Å². The zero-order valence-electron chi connectivity index (χ0n) is 11.0. The van der Waals surface area contributed by atoms with E-state index in [9.17, 15) is 0 Å². The monoisotopic (exact) mass is 239 g/mol. The van der Waals surface area contributed by atoms with Crippen molar-refractivity contribution in [2.75, 3.05) is 13.7 Å². The van der Waals surface area contributed by atoms with Crippen LogP contribution in [0.2, 0.25) is 0 Å². The summed E-state index contributed by atoms with van der Waals surface area (Å²) in [5.74, 6) is 0. The molecular weight excluding hydrogens is 218 g/mol. The standard InChI is InChI=1S/C12H21N3O2/c1-9-10(7-13)8-14-11(15-9)17-6-5-12(2,3)16-4/h8H,5-7,13H2,1-4H3. The maximum absolute atomic E-state index is 5.54. The molecular formula is C12H21N3O2. The summed E-state index contributed by atoms with van der Waals surface area (Å²) in [5.41, 5.74) is 7.15. The molecule has 1 aromatic heterocycles. The summed E-state index contributed by atoms with van der Waals surface area (Å²) in [6.45, 7) is 6.90. The number of methoxy groups -OCH3 is 1. The lowest BCUT2D eigenvalue weighted by atomic mass is 10.1. The number of hydrogen-bond donors (Lipinski definition) is 1. The molecule has 0 saturated heterocycles. The molecule has 0 spiro atoms. The van der Waals surface area contributed by atoms with Crippen molar-refractivity contribution in [2.24, 2.45) is 5.73 Å². The number of rotatable bonds is 6. The van der Waals surface area contributed by atoms with E-state index in [0.29, 0.717) is 19.2 Å². The summed E-state index contributed by atoms with van der Waals surface area (Å²) in [4.78, 5) is 8.34. The van der Waals surface area contributed by atoms with Gasteiger partial charge in [0.2, 0.25) is 0 Å². The van der Waals surface area contributed by atoms with Gasteiger partial charge in [0.05, 0.1) is 12.2 Å². The Morgan fingerprint density at radius 2 is 2.12 bits per heavy atom. The number of hydrogen-bond acceptors (Lipinski definition) is 5. The van der Waals surface area contributed by atoms with Gasteiger partial charge >= 0.3 is 6.01 Å². The molecule has 0 saturated carbocycles. The summed E-state index contributed by atoms with van der Waals surface area (Å²) >= 11 is 0. The first-order valence-corrected chi connectivity index (χ1v) is 5.69. The molecule has 0 aliphatic carbocycles. The van der Waals surface area contributed by atoms with Crippen LogP contribution in [0.3, 0.4) is 0 Å². The van der Waals surface area contributed by atoms with E-state index >= 15 is 0 Å². The van der Waals surface area contributed by atoms with Gasteiger partial charge < -0.3 is 15.2 Å². The molecule has 17 heavy (non-hydrogen) atoms. The van der Waals surface area contributed by atoms with Gasteiger partial charge in [-0.2, -0.15) is 0 Å². The third-order valence-electron chi connectivity index (χ3n) is 2.77. The Kier molecular flexibility index (Phi) is 4.84. The van der Waals surface area contributed by atoms with Crippen molar-refractivity contribution in [2.45, 2.75) is 39.3 Å². The molecule has 0 unspecified atom stereocenters. The minimum absolute atomic E-state index is 0.188. The topological polar surface area (TPSA) is 70.3 Å². The highest BCUT2D eigenvalue weighted by atomic mass is 16.5. The molecule has 5 nitrogen and oxygen atoms in total. The van der Waals surface area contributed by atoms with E-state index in [4.69, 9.17) is 15.2 Å². The van der Waals surface area contributed by atoms with E-state index in [2.05, 4.69) is 9.97 Å². The summed E-state index contributed by atoms with van der Waals surface area (Å²) < 4.78 is 10.8. The molecule has 0 amide bonds. The summed E-state index contributed by atoms with van der Waals surface area (Å²) in [6.07, 6.45) is 2.49. The van der Waals surface area contributed by atoms with E-state index in [1.165, 1.54) is 0 Å². The fourth-order valence-electron chi connectivity index (χ4n) is 1.23. The number of ether oxygens (including phenoxy) is 2. The quantitative estimate of drug-likeness (QED) is 0.813. The van der Waals surface area contributed by atoms with Gasteiger partial charge in [-0.15, -0.1) is 0 Å². The Balaban J connectivity index is 2.50. The van der Waals surface area contributed by atoms with Crippen LogP contribution in [0.4, 0.5) is 0 Å². The molecule has 5 heteroatoms. The average molecular weight is 239 g/mol. The molecule has 0 aliphatic rings. The fourth-order valence-corrected chi connectivity index (χ4v) is 1.23. The highest BCUT2D eigenvalue weighted by molar-refractivity contribution is 5.17. The molecule has 0 aromatic carbocycles. The van der Waals surface area contributed by atoms with Crippen molar-refractivity contribution in [3.8, 4) is 6.01 Å². The van der Waals surface area contributed by atoms with Crippen molar-refractivity contribution < 1.29 is 9.47 Å². The highest BCUT2D eigenvalue weighted by Crippen LogP contribution is 2.14. The molecule has 0 aliphatic heterocycles. The lowest BCUT2D eigenvalue weighted by Gasteiger charge is -2.22. The summed E-state index contributed by atoms with van der Waals surface area (Å²) in [6, 6.07) is 0.395. The van der Waals surface area contributed by atoms with Crippen LogP contribution in [0, 0.1) is 6.92 Å². The van der Waals surface area contributed by atoms with Crippen LogP contribution in [0.5, 0.6) is 6.01 Å². The van der Waals surface area contributed by atoms with Crippen LogP contribution in [-0.2, 0) is 11.3 Å². The number of nitrogens with zero attached hydrogens (tertiary/aromatic N) is 2. The second-order valence-corrected chi connectivity index (χ2v) is 4.53. The molecule has 96 valence electrons. The van der Waals surface area contributed by atoms with Gasteiger partial charge in [0.25, 0.3) is 0 Å². The summed E-state index contributed by atoms with van der Waals surface area (Å²) in [5, 5.41) is 0. The van der Waals surface area contributed by atoms with E-state index in [-0.39, 0.29) is 5.60 Å². The zero-order chi connectivity index (χ0) is 12.9. The molecule has 1 aromatic rings. The van der Waals surface area contributed by atoms with E-state index < -0.39 is 0 Å². The molecule has 1 rings (SSSR count). The Labute approximate surface area is 102 Å². The lowest BCUT2D eigenvalue weighted by Crippen LogP contribution is -2.25. The highest BCUT2D eigenvalue weighted by Gasteiger charge is 2.16. The summed E-state index contributed by atoms with van der Waals surface area (Å²) in [7, 11) is 1.69. The molecule has 0 radical (unpaired) electrons. The Hall–Kier alpha value is -1.20. The first kappa shape index (κ1) is 13.9. The van der Waals surface area contributed by atoms with Crippen LogP contribution in [-0.4, -0.2) is 29.3 Å². The number of aryl methyl sites for hydroxylation is 1. The second kappa shape index (κ2) is 5.93. The van der Waals surface area contributed by atoms with Gasteiger partial charge in [-0.3, -0.25) is 0 Å². The van der Waals surface area contributed by atoms with E-state index in [1.54, 1.807) is 13.3 Å². The van der Waals surface area contributed by atoms with E-state index in [0.717, 1.165) is 17.7 Å². The molecule has 0 atom stereocenters. The largest absolute Gasteiger partial charge is 0.463 e. The second-order valence-electron chi connectivity index (χ2n) is 4.53. The average Bonchev–Trinajstić information content (AvgIpc) is 2.29. The van der Waals surface area contributed by atoms with Crippen LogP contribution in [0.25, 0.3) is 0 Å². The molecule has 0 fully saturated rings. The van der Waals surface area contributed by atoms with Gasteiger partial charge in [-0.05, 0) is 20.8 Å². The lowest BCUT2D eigenvalue weighted by molar-refractivity contribution is 0.00465. The maximum Gasteiger partial charge on any atom is 0.316 e. The maximum atomic E-state index is 5.54. The van der Waals surface area contributed by atoms with Gasteiger partial charge in [0, 0.05) is 37.5 Å². The molecule has 2 N–H and O–H groups in total. The van der Waals surface area contributed by atoms with Crippen LogP contribution in [0.1, 0.15) is 31.5 Å². The van der Waals surface area contributed by atoms with Crippen LogP contribution in [0.15, 0.2) is 6.20 Å². The van der Waals surface area contributed by atoms with Crippen LogP contribution >= 0.6 is 0 Å². The predicted molar refractivity (Wildman–Crippen MR) is 65.9 cm³/mol. The van der Waals surface area contributed by atoms with E-state index in [1.807, 2.05) is 20.8 Å². The van der Waals surface area contributed by atoms with Crippen molar-refractivity contribution in [3.63, 3.8) is 0 Å². The fraction of sp³-hybridized carbons (Fsp3) is 0.667. The minimum atomic E-state index is -0.188. The Morgan fingerprint density at radius 1 is 1.41 bits per heavy atom. The SMILES string of the molecule is COC(C)(C)CCOc1ncc(CN)c(C)n1. The normalized spacial score (nSPS) is 11.6. The predicted octanol–water partition coefficient (Wildman–Crippen LogP) is 1.44. The van der Waals surface area contributed by atoms with Crippen LogP contribution < -0.4 is 10.5 Å². The van der Waals surface area contributed by atoms with Gasteiger partial charge in [0.15, 0.2) is 0 Å². The first-order chi connectivity index (χ1) is 7.98. The molecule has 1 heterocycles. The van der Waals surface area contributed by atoms with Crippen molar-refractivity contribution >= 4 is 0 Å². The third kappa shape index (κ3) is 4.28. The van der Waals surface area contributed by atoms with Gasteiger partial charge in [-0.1, -0.05) is 0 Å². The first-order valence-electron chi connectivity index (χ1n) is 5.69. The Bertz CT molecular complexity index is 367. The number of nitrogens with two attached hydrogens (primary N) is 1. The number of aromatic nitrogens is 2. The van der Waals surface area contributed by atoms with Gasteiger partial charge in [-0.25, -0.2) is 9.97 Å². The molecule has 0 bridgehead atoms. The van der Waals surface area contributed by atoms with Crippen molar-refractivity contribution in [1.82, 2.24) is 9.97 Å². The smallest absolute Gasteiger partial charge is 0.316 e. The van der Waals surface area contributed by atoms with Gasteiger partial charge in [0.1, 0.15) is 0 Å².